The van der Waals surface area contributed by atoms with Crippen molar-refractivity contribution in [3.63, 3.8) is 0 Å². The third-order valence-electron chi connectivity index (χ3n) is 6.79. The first-order chi connectivity index (χ1) is 17.9. The molecule has 9 heteroatoms. The van der Waals surface area contributed by atoms with Crippen LogP contribution in [0, 0.1) is 0 Å². The van der Waals surface area contributed by atoms with Crippen molar-refractivity contribution < 1.29 is 34.4 Å². The molecule has 3 aromatic rings. The summed E-state index contributed by atoms with van der Waals surface area (Å²) in [6.07, 6.45) is -0.116. The average Bonchev–Trinajstić information content (AvgIpc) is 3.26. The molecule has 2 heterocycles. The van der Waals surface area contributed by atoms with Gasteiger partial charge in [-0.3, -0.25) is 0 Å². The summed E-state index contributed by atoms with van der Waals surface area (Å²) in [6, 6.07) is 20.6. The summed E-state index contributed by atoms with van der Waals surface area (Å²) in [5.74, 6) is 0.139. The summed E-state index contributed by atoms with van der Waals surface area (Å²) in [7, 11) is 1.50. The zero-order valence-electron chi connectivity index (χ0n) is 20.2. The van der Waals surface area contributed by atoms with Gasteiger partial charge >= 0.3 is 0 Å². The van der Waals surface area contributed by atoms with Gasteiger partial charge in [0, 0.05) is 17.0 Å². The van der Waals surface area contributed by atoms with Crippen LogP contribution in [-0.2, 0) is 26.5 Å². The second-order valence-electron chi connectivity index (χ2n) is 9.30. The van der Waals surface area contributed by atoms with Crippen LogP contribution >= 0.6 is 11.6 Å². The second kappa shape index (κ2) is 10.4. The van der Waals surface area contributed by atoms with Gasteiger partial charge < -0.3 is 34.4 Å². The van der Waals surface area contributed by atoms with Gasteiger partial charge in [0.25, 0.3) is 0 Å². The summed E-state index contributed by atoms with van der Waals surface area (Å²) in [6.45, 7) is -0.487. The van der Waals surface area contributed by atoms with Crippen molar-refractivity contribution in [1.82, 2.24) is 0 Å². The van der Waals surface area contributed by atoms with Gasteiger partial charge in [-0.2, -0.15) is 0 Å². The van der Waals surface area contributed by atoms with Crippen molar-refractivity contribution in [3.8, 4) is 11.5 Å². The van der Waals surface area contributed by atoms with Crippen LogP contribution < -0.4 is 4.74 Å². The molecule has 2 aliphatic rings. The van der Waals surface area contributed by atoms with Gasteiger partial charge in [-0.25, -0.2) is 0 Å². The van der Waals surface area contributed by atoms with E-state index in [2.05, 4.69) is 9.99 Å². The minimum absolute atomic E-state index is 0.0232. The van der Waals surface area contributed by atoms with E-state index in [0.717, 1.165) is 16.7 Å². The van der Waals surface area contributed by atoms with E-state index < -0.39 is 30.2 Å². The number of benzene rings is 3. The van der Waals surface area contributed by atoms with Crippen molar-refractivity contribution in [3.05, 3.63) is 94.0 Å². The normalized spacial score (nSPS) is 26.9. The maximum absolute atomic E-state index is 10.5. The summed E-state index contributed by atoms with van der Waals surface area (Å²) >= 11 is 6.52. The maximum atomic E-state index is 10.5. The lowest BCUT2D eigenvalue weighted by Crippen LogP contribution is -2.59. The molecule has 2 fully saturated rings. The van der Waals surface area contributed by atoms with E-state index >= 15 is 0 Å². The zero-order valence-corrected chi connectivity index (χ0v) is 21.0. The van der Waals surface area contributed by atoms with Gasteiger partial charge in [-0.05, 0) is 71.6 Å². The van der Waals surface area contributed by atoms with E-state index in [1.807, 2.05) is 54.6 Å². The molecule has 2 bridgehead atoms. The van der Waals surface area contributed by atoms with E-state index in [1.165, 1.54) is 7.11 Å². The van der Waals surface area contributed by atoms with Crippen LogP contribution in [0.1, 0.15) is 28.7 Å². The molecule has 0 aromatic heterocycles. The van der Waals surface area contributed by atoms with Crippen molar-refractivity contribution in [2.75, 3.05) is 20.3 Å². The molecule has 194 valence electrons. The first-order valence-corrected chi connectivity index (χ1v) is 12.3. The Morgan fingerprint density at radius 3 is 2.43 bits per heavy atom. The van der Waals surface area contributed by atoms with Crippen molar-refractivity contribution >= 4 is 17.8 Å². The fraction of sp³-hybridized carbons (Fsp3) is 0.321. The van der Waals surface area contributed by atoms with E-state index in [0.29, 0.717) is 28.5 Å². The van der Waals surface area contributed by atoms with E-state index in [4.69, 9.17) is 25.8 Å². The summed E-state index contributed by atoms with van der Waals surface area (Å²) in [5, 5.41) is 35.0. The molecule has 0 amide bonds. The topological polar surface area (TPSA) is 110 Å². The molecule has 1 unspecified atom stereocenters. The Bertz CT molecular complexity index is 1270. The molecule has 2 saturated heterocycles. The Balaban J connectivity index is 1.30. The number of ether oxygens (including phenoxy) is 3. The predicted molar refractivity (Wildman–Crippen MR) is 137 cm³/mol. The maximum Gasteiger partial charge on any atom is 0.198 e. The lowest BCUT2D eigenvalue weighted by molar-refractivity contribution is -0.281. The molecule has 2 aliphatic heterocycles. The Kier molecular flexibility index (Phi) is 7.22. The quantitative estimate of drug-likeness (QED) is 0.303. The molecule has 5 rings (SSSR count). The van der Waals surface area contributed by atoms with Crippen LogP contribution in [0.2, 0.25) is 5.02 Å². The molecule has 4 atom stereocenters. The monoisotopic (exact) mass is 525 g/mol. The Morgan fingerprint density at radius 2 is 1.76 bits per heavy atom. The standard InChI is InChI=1S/C28H28ClNO7/c1-34-30-15-19-4-9-23(10-5-19)36-22-7-2-18(3-8-22)12-20-13-21(6-11-24(20)29)28-14-25(32)26(33)27(16-31,37-28)17-35-28/h2-11,13,15,25-26,31-33H,12,14,16-17H2,1H3/b30-15-/t25?,26-,27-,28+/m0/s1. The Hall–Kier alpha value is -2.98. The molecule has 0 spiro atoms. The van der Waals surface area contributed by atoms with Crippen LogP contribution in [0.3, 0.4) is 0 Å². The first kappa shape index (κ1) is 25.7. The van der Waals surface area contributed by atoms with Crippen LogP contribution in [0.25, 0.3) is 0 Å². The number of aliphatic hydroxyl groups is 3. The number of oxime groups is 1. The van der Waals surface area contributed by atoms with Gasteiger partial charge in [0.1, 0.15) is 30.3 Å². The fourth-order valence-electron chi connectivity index (χ4n) is 4.76. The number of nitrogens with zero attached hydrogens (tertiary/aromatic N) is 1. The lowest BCUT2D eigenvalue weighted by atomic mass is 9.85. The van der Waals surface area contributed by atoms with Gasteiger partial charge in [0.15, 0.2) is 5.79 Å². The number of hydrogen-bond acceptors (Lipinski definition) is 8. The number of aliphatic hydroxyl groups excluding tert-OH is 3. The first-order valence-electron chi connectivity index (χ1n) is 11.9. The minimum Gasteiger partial charge on any atom is -0.457 e. The van der Waals surface area contributed by atoms with Crippen LogP contribution in [0.15, 0.2) is 71.9 Å². The molecule has 37 heavy (non-hydrogen) atoms. The third kappa shape index (κ3) is 5.09. The highest BCUT2D eigenvalue weighted by Gasteiger charge is 2.62. The minimum atomic E-state index is -1.36. The number of hydrogen-bond donors (Lipinski definition) is 3. The number of halogens is 1. The lowest BCUT2D eigenvalue weighted by Gasteiger charge is -2.42. The molecule has 3 N–H and O–H groups in total. The van der Waals surface area contributed by atoms with Crippen molar-refractivity contribution in [2.45, 2.75) is 36.4 Å². The highest BCUT2D eigenvalue weighted by molar-refractivity contribution is 6.31. The number of rotatable bonds is 8. The Labute approximate surface area is 219 Å². The molecule has 0 aliphatic carbocycles. The summed E-state index contributed by atoms with van der Waals surface area (Å²) < 4.78 is 18.0. The van der Waals surface area contributed by atoms with E-state index in [-0.39, 0.29) is 13.0 Å². The molecular weight excluding hydrogens is 498 g/mol. The molecule has 3 aromatic carbocycles. The van der Waals surface area contributed by atoms with Crippen molar-refractivity contribution in [2.24, 2.45) is 5.16 Å². The third-order valence-corrected chi connectivity index (χ3v) is 7.16. The smallest absolute Gasteiger partial charge is 0.198 e. The molecule has 0 saturated carbocycles. The molecular formula is C28H28ClNO7. The highest BCUT2D eigenvalue weighted by Crippen LogP contribution is 2.49. The SMILES string of the molecule is CO/N=C\c1ccc(Oc2ccc(Cc3cc([C@]45CC(O)[C@H](O)[C@](CO)(CO4)O5)ccc3Cl)cc2)cc1. The van der Waals surface area contributed by atoms with Gasteiger partial charge in [-0.15, -0.1) is 0 Å². The molecule has 8 nitrogen and oxygen atoms in total. The van der Waals surface area contributed by atoms with Gasteiger partial charge in [0.2, 0.25) is 0 Å². The summed E-state index contributed by atoms with van der Waals surface area (Å²) in [5.41, 5.74) is 2.09. The zero-order chi connectivity index (χ0) is 26.0. The van der Waals surface area contributed by atoms with E-state index in [1.54, 1.807) is 18.3 Å². The number of fused-ring (bicyclic) bond motifs is 2. The van der Waals surface area contributed by atoms with Crippen LogP contribution in [0.4, 0.5) is 0 Å². The highest BCUT2D eigenvalue weighted by atomic mass is 35.5. The average molecular weight is 526 g/mol. The van der Waals surface area contributed by atoms with Crippen LogP contribution in [-0.4, -0.2) is 59.7 Å². The largest absolute Gasteiger partial charge is 0.457 e. The van der Waals surface area contributed by atoms with Gasteiger partial charge in [0.05, 0.1) is 25.5 Å². The fourth-order valence-corrected chi connectivity index (χ4v) is 4.94. The predicted octanol–water partition coefficient (Wildman–Crippen LogP) is 3.76. The van der Waals surface area contributed by atoms with Gasteiger partial charge in [-0.1, -0.05) is 35.0 Å². The Morgan fingerprint density at radius 1 is 1.05 bits per heavy atom. The second-order valence-corrected chi connectivity index (χ2v) is 9.71. The summed E-state index contributed by atoms with van der Waals surface area (Å²) in [4.78, 5) is 4.69. The van der Waals surface area contributed by atoms with Crippen LogP contribution in [0.5, 0.6) is 11.5 Å². The van der Waals surface area contributed by atoms with Crippen molar-refractivity contribution in [1.29, 1.82) is 0 Å². The molecule has 0 radical (unpaired) electrons. The van der Waals surface area contributed by atoms with E-state index in [9.17, 15) is 15.3 Å².